The number of hydrogen-bond donors (Lipinski definition) is 2. The molecule has 0 aliphatic carbocycles. The van der Waals surface area contributed by atoms with Crippen LogP contribution in [0.5, 0.6) is 0 Å². The van der Waals surface area contributed by atoms with Crippen molar-refractivity contribution in [3.63, 3.8) is 0 Å². The Hall–Kier alpha value is -2.82. The van der Waals surface area contributed by atoms with E-state index in [-0.39, 0.29) is 18.4 Å². The Labute approximate surface area is 178 Å². The molecule has 4 nitrogen and oxygen atoms in total. The van der Waals surface area contributed by atoms with Crippen molar-refractivity contribution in [1.82, 2.24) is 15.3 Å². The quantitative estimate of drug-likeness (QED) is 0.429. The molecular weight excluding hydrogens is 405 g/mol. The zero-order chi connectivity index (χ0) is 20.2. The summed E-state index contributed by atoms with van der Waals surface area (Å²) in [4.78, 5) is 20.8. The molecule has 2 N–H and O–H groups in total. The Morgan fingerprint density at radius 2 is 1.76 bits per heavy atom. The molecule has 0 saturated heterocycles. The number of fused-ring (bicyclic) bond motifs is 1. The van der Waals surface area contributed by atoms with E-state index in [0.717, 1.165) is 28.0 Å². The second-order valence-electron chi connectivity index (χ2n) is 6.86. The predicted octanol–water partition coefficient (Wildman–Crippen LogP) is 5.51. The van der Waals surface area contributed by atoms with Crippen molar-refractivity contribution in [2.24, 2.45) is 0 Å². The van der Waals surface area contributed by atoms with Gasteiger partial charge in [-0.25, -0.2) is 4.98 Å². The third kappa shape index (κ3) is 4.78. The summed E-state index contributed by atoms with van der Waals surface area (Å²) in [5, 5.41) is 4.14. The molecule has 1 atom stereocenters. The van der Waals surface area contributed by atoms with E-state index in [1.54, 1.807) is 18.2 Å². The van der Waals surface area contributed by atoms with Gasteiger partial charge in [0.15, 0.2) is 0 Å². The number of H-pyrrole nitrogens is 1. The Bertz CT molecular complexity index is 1110. The maximum absolute atomic E-state index is 12.8. The lowest BCUT2D eigenvalue weighted by Gasteiger charge is -2.17. The Morgan fingerprint density at radius 1 is 1.00 bits per heavy atom. The van der Waals surface area contributed by atoms with Gasteiger partial charge in [0.2, 0.25) is 5.91 Å². The summed E-state index contributed by atoms with van der Waals surface area (Å²) in [7, 11) is 0. The second kappa shape index (κ2) is 8.68. The van der Waals surface area contributed by atoms with Gasteiger partial charge in [-0.2, -0.15) is 0 Å². The topological polar surface area (TPSA) is 57.8 Å². The molecule has 0 fully saturated rings. The third-order valence-electron chi connectivity index (χ3n) is 4.72. The summed E-state index contributed by atoms with van der Waals surface area (Å²) in [6.07, 6.45) is 0.794. The third-order valence-corrected chi connectivity index (χ3v) is 5.31. The van der Waals surface area contributed by atoms with Crippen LogP contribution in [0, 0.1) is 0 Å². The average molecular weight is 424 g/mol. The number of amides is 1. The molecule has 0 radical (unpaired) electrons. The first-order valence-electron chi connectivity index (χ1n) is 9.30. The van der Waals surface area contributed by atoms with Crippen LogP contribution in [0.4, 0.5) is 0 Å². The van der Waals surface area contributed by atoms with Gasteiger partial charge in [-0.05, 0) is 41.8 Å². The molecule has 1 amide bonds. The zero-order valence-electron chi connectivity index (χ0n) is 15.5. The van der Waals surface area contributed by atoms with E-state index in [0.29, 0.717) is 16.5 Å². The number of carbonyl (C=O) groups excluding carboxylic acids is 1. The van der Waals surface area contributed by atoms with Crippen LogP contribution in [0.15, 0.2) is 72.8 Å². The van der Waals surface area contributed by atoms with Crippen LogP contribution in [0.25, 0.3) is 11.0 Å². The smallest absolute Gasteiger partial charge is 0.225 e. The number of rotatable bonds is 6. The summed E-state index contributed by atoms with van der Waals surface area (Å²) < 4.78 is 0. The lowest BCUT2D eigenvalue weighted by Crippen LogP contribution is -2.32. The van der Waals surface area contributed by atoms with Gasteiger partial charge in [0.05, 0.1) is 23.5 Å². The van der Waals surface area contributed by atoms with Crippen LogP contribution in [0.3, 0.4) is 0 Å². The first-order chi connectivity index (χ1) is 14.1. The van der Waals surface area contributed by atoms with Crippen molar-refractivity contribution >= 4 is 40.1 Å². The van der Waals surface area contributed by atoms with Gasteiger partial charge in [0, 0.05) is 10.0 Å². The number of halogens is 2. The van der Waals surface area contributed by atoms with E-state index in [1.165, 1.54) is 0 Å². The average Bonchev–Trinajstić information content (AvgIpc) is 3.15. The molecule has 3 aromatic carbocycles. The molecule has 0 aliphatic heterocycles. The standard InChI is InChI=1S/C23H19Cl2N3O/c24-17-11-10-16(18(25)14-17)13-22(29)26-21(12-15-6-2-1-3-7-15)23-27-19-8-4-5-9-20(19)28-23/h1-11,14,21H,12-13H2,(H,26,29)(H,27,28)/t21-/m0/s1. The molecule has 29 heavy (non-hydrogen) atoms. The van der Waals surface area contributed by atoms with E-state index >= 15 is 0 Å². The van der Waals surface area contributed by atoms with Crippen molar-refractivity contribution < 1.29 is 4.79 Å². The molecule has 4 aromatic rings. The van der Waals surface area contributed by atoms with Crippen molar-refractivity contribution in [2.45, 2.75) is 18.9 Å². The first-order valence-corrected chi connectivity index (χ1v) is 10.1. The van der Waals surface area contributed by atoms with Crippen LogP contribution in [0.2, 0.25) is 10.0 Å². The largest absolute Gasteiger partial charge is 0.346 e. The minimum Gasteiger partial charge on any atom is -0.346 e. The lowest BCUT2D eigenvalue weighted by molar-refractivity contribution is -0.121. The Kier molecular flexibility index (Phi) is 5.84. The van der Waals surface area contributed by atoms with Crippen LogP contribution in [0.1, 0.15) is 23.0 Å². The van der Waals surface area contributed by atoms with Gasteiger partial charge in [-0.1, -0.05) is 71.7 Å². The van der Waals surface area contributed by atoms with Gasteiger partial charge in [0.25, 0.3) is 0 Å². The Balaban J connectivity index is 1.58. The number of nitrogens with one attached hydrogen (secondary N) is 2. The van der Waals surface area contributed by atoms with Crippen molar-refractivity contribution in [3.8, 4) is 0 Å². The minimum absolute atomic E-state index is 0.129. The van der Waals surface area contributed by atoms with Crippen molar-refractivity contribution in [3.05, 3.63) is 99.8 Å². The van der Waals surface area contributed by atoms with Crippen LogP contribution in [-0.2, 0) is 17.6 Å². The monoisotopic (exact) mass is 423 g/mol. The summed E-state index contributed by atoms with van der Waals surface area (Å²) in [6, 6.07) is 22.7. The highest BCUT2D eigenvalue weighted by Gasteiger charge is 2.20. The SMILES string of the molecule is O=C(Cc1ccc(Cl)cc1Cl)N[C@@H](Cc1ccccc1)c1nc2ccccc2[nH]1. The highest BCUT2D eigenvalue weighted by molar-refractivity contribution is 6.35. The van der Waals surface area contributed by atoms with E-state index in [1.807, 2.05) is 54.6 Å². The zero-order valence-corrected chi connectivity index (χ0v) is 17.0. The molecule has 1 heterocycles. The normalized spacial score (nSPS) is 12.1. The van der Waals surface area contributed by atoms with Crippen molar-refractivity contribution in [1.29, 1.82) is 0 Å². The summed E-state index contributed by atoms with van der Waals surface area (Å²) in [5.74, 6) is 0.598. The van der Waals surface area contributed by atoms with Crippen LogP contribution >= 0.6 is 23.2 Å². The molecule has 0 bridgehead atoms. The highest BCUT2D eigenvalue weighted by Crippen LogP contribution is 2.23. The molecule has 6 heteroatoms. The summed E-state index contributed by atoms with van der Waals surface area (Å²) in [5.41, 5.74) is 3.66. The number of aromatic amines is 1. The molecule has 0 saturated carbocycles. The molecule has 0 aliphatic rings. The van der Waals surface area contributed by atoms with Gasteiger partial charge < -0.3 is 10.3 Å². The summed E-state index contributed by atoms with van der Waals surface area (Å²) in [6.45, 7) is 0. The number of aromatic nitrogens is 2. The fraction of sp³-hybridized carbons (Fsp3) is 0.130. The number of para-hydroxylation sites is 2. The molecule has 4 rings (SSSR count). The summed E-state index contributed by atoms with van der Waals surface area (Å²) >= 11 is 12.2. The van der Waals surface area contributed by atoms with E-state index < -0.39 is 0 Å². The highest BCUT2D eigenvalue weighted by atomic mass is 35.5. The first kappa shape index (κ1) is 19.5. The molecule has 146 valence electrons. The predicted molar refractivity (Wildman–Crippen MR) is 117 cm³/mol. The van der Waals surface area contributed by atoms with Gasteiger partial charge in [-0.3, -0.25) is 4.79 Å². The van der Waals surface area contributed by atoms with Gasteiger partial charge in [0.1, 0.15) is 5.82 Å². The van der Waals surface area contributed by atoms with Crippen LogP contribution < -0.4 is 5.32 Å². The molecule has 0 unspecified atom stereocenters. The van der Waals surface area contributed by atoms with Crippen molar-refractivity contribution in [2.75, 3.05) is 0 Å². The maximum atomic E-state index is 12.8. The van der Waals surface area contributed by atoms with Gasteiger partial charge >= 0.3 is 0 Å². The molecule has 0 spiro atoms. The molecular formula is C23H19Cl2N3O. The Morgan fingerprint density at radius 3 is 2.52 bits per heavy atom. The van der Waals surface area contributed by atoms with E-state index in [9.17, 15) is 4.79 Å². The van der Waals surface area contributed by atoms with Crippen LogP contribution in [-0.4, -0.2) is 15.9 Å². The van der Waals surface area contributed by atoms with E-state index in [2.05, 4.69) is 15.3 Å². The fourth-order valence-corrected chi connectivity index (χ4v) is 3.76. The number of imidazole rings is 1. The lowest BCUT2D eigenvalue weighted by atomic mass is 10.0. The fourth-order valence-electron chi connectivity index (χ4n) is 3.29. The maximum Gasteiger partial charge on any atom is 0.225 e. The second-order valence-corrected chi connectivity index (χ2v) is 7.71. The number of hydrogen-bond acceptors (Lipinski definition) is 2. The number of benzene rings is 3. The molecule has 1 aromatic heterocycles. The van der Waals surface area contributed by atoms with Gasteiger partial charge in [-0.15, -0.1) is 0 Å². The number of carbonyl (C=O) groups is 1. The number of nitrogens with zero attached hydrogens (tertiary/aromatic N) is 1. The minimum atomic E-state index is -0.289. The van der Waals surface area contributed by atoms with E-state index in [4.69, 9.17) is 23.2 Å².